The van der Waals surface area contributed by atoms with Gasteiger partial charge in [-0.05, 0) is 19.2 Å². The fourth-order valence-corrected chi connectivity index (χ4v) is 2.17. The standard InChI is InChI=1S/C14H21N3O3/c1-17-5-6-20-11(9-17)8-16-14(18)12-4-3-10(19-2)7-13(12)15/h3-4,7,11H,5-6,8-9,15H2,1-2H3,(H,16,18). The number of methoxy groups -OCH3 is 1. The highest BCUT2D eigenvalue weighted by Gasteiger charge is 2.19. The van der Waals surface area contributed by atoms with Crippen LogP contribution in [0.3, 0.4) is 0 Å². The molecule has 0 radical (unpaired) electrons. The van der Waals surface area contributed by atoms with Crippen LogP contribution in [0, 0.1) is 0 Å². The lowest BCUT2D eigenvalue weighted by atomic mass is 10.1. The second-order valence-electron chi connectivity index (χ2n) is 4.92. The van der Waals surface area contributed by atoms with Crippen molar-refractivity contribution in [3.8, 4) is 5.75 Å². The van der Waals surface area contributed by atoms with Crippen molar-refractivity contribution in [3.05, 3.63) is 23.8 Å². The van der Waals surface area contributed by atoms with Crippen molar-refractivity contribution >= 4 is 11.6 Å². The number of hydrogen-bond donors (Lipinski definition) is 2. The monoisotopic (exact) mass is 279 g/mol. The molecule has 0 spiro atoms. The summed E-state index contributed by atoms with van der Waals surface area (Å²) in [5, 5.41) is 2.86. The molecule has 1 aromatic rings. The average Bonchev–Trinajstić information content (AvgIpc) is 2.44. The lowest BCUT2D eigenvalue weighted by Gasteiger charge is -2.30. The Bertz CT molecular complexity index is 479. The number of rotatable bonds is 4. The maximum Gasteiger partial charge on any atom is 0.253 e. The Hall–Kier alpha value is -1.79. The molecule has 110 valence electrons. The highest BCUT2D eigenvalue weighted by atomic mass is 16.5. The third kappa shape index (κ3) is 3.61. The number of nitrogens with two attached hydrogens (primary N) is 1. The molecule has 6 heteroatoms. The van der Waals surface area contributed by atoms with Gasteiger partial charge in [0.1, 0.15) is 5.75 Å². The Morgan fingerprint density at radius 2 is 2.40 bits per heavy atom. The second kappa shape index (κ2) is 6.58. The molecule has 0 aliphatic carbocycles. The van der Waals surface area contributed by atoms with E-state index in [0.29, 0.717) is 30.2 Å². The number of nitrogens with one attached hydrogen (secondary N) is 1. The third-order valence-electron chi connectivity index (χ3n) is 3.34. The van der Waals surface area contributed by atoms with Crippen LogP contribution in [0.25, 0.3) is 0 Å². The van der Waals surface area contributed by atoms with E-state index in [2.05, 4.69) is 10.2 Å². The van der Waals surface area contributed by atoms with Crippen molar-refractivity contribution in [2.45, 2.75) is 6.10 Å². The van der Waals surface area contributed by atoms with E-state index in [1.54, 1.807) is 25.3 Å². The van der Waals surface area contributed by atoms with E-state index in [4.69, 9.17) is 15.2 Å². The summed E-state index contributed by atoms with van der Waals surface area (Å²) in [5.41, 5.74) is 6.71. The molecular weight excluding hydrogens is 258 g/mol. The number of amides is 1. The molecule has 0 saturated carbocycles. The average molecular weight is 279 g/mol. The number of likely N-dealkylation sites (N-methyl/N-ethyl adjacent to an activating group) is 1. The highest BCUT2D eigenvalue weighted by Crippen LogP contribution is 2.19. The molecule has 1 aromatic carbocycles. The van der Waals surface area contributed by atoms with Gasteiger partial charge in [0, 0.05) is 31.4 Å². The molecule has 1 unspecified atom stereocenters. The molecule has 3 N–H and O–H groups in total. The van der Waals surface area contributed by atoms with E-state index in [0.717, 1.165) is 13.1 Å². The van der Waals surface area contributed by atoms with Crippen LogP contribution in [0.2, 0.25) is 0 Å². The third-order valence-corrected chi connectivity index (χ3v) is 3.34. The summed E-state index contributed by atoms with van der Waals surface area (Å²) in [5.74, 6) is 0.443. The number of benzene rings is 1. The first-order chi connectivity index (χ1) is 9.60. The van der Waals surface area contributed by atoms with Crippen LogP contribution < -0.4 is 15.8 Å². The topological polar surface area (TPSA) is 76.8 Å². The number of anilines is 1. The van der Waals surface area contributed by atoms with Crippen molar-refractivity contribution in [2.24, 2.45) is 0 Å². The second-order valence-corrected chi connectivity index (χ2v) is 4.92. The summed E-state index contributed by atoms with van der Waals surface area (Å²) in [6.45, 7) is 2.92. The highest BCUT2D eigenvalue weighted by molar-refractivity contribution is 5.99. The van der Waals surface area contributed by atoms with Gasteiger partial charge in [0.05, 0.1) is 25.4 Å². The van der Waals surface area contributed by atoms with Gasteiger partial charge in [0.15, 0.2) is 0 Å². The lowest BCUT2D eigenvalue weighted by molar-refractivity contribution is -0.0174. The van der Waals surface area contributed by atoms with Gasteiger partial charge in [0.2, 0.25) is 0 Å². The van der Waals surface area contributed by atoms with Gasteiger partial charge in [-0.25, -0.2) is 0 Å². The summed E-state index contributed by atoms with van der Waals surface area (Å²) < 4.78 is 10.7. The molecule has 2 rings (SSSR count). The fraction of sp³-hybridized carbons (Fsp3) is 0.500. The molecule has 1 aliphatic heterocycles. The van der Waals surface area contributed by atoms with E-state index in [1.165, 1.54) is 0 Å². The van der Waals surface area contributed by atoms with Crippen molar-refractivity contribution in [3.63, 3.8) is 0 Å². The first-order valence-corrected chi connectivity index (χ1v) is 6.62. The van der Waals surface area contributed by atoms with E-state index >= 15 is 0 Å². The summed E-state index contributed by atoms with van der Waals surface area (Å²) in [6, 6.07) is 5.02. The molecule has 1 aliphatic rings. The van der Waals surface area contributed by atoms with Gasteiger partial charge in [-0.2, -0.15) is 0 Å². The Morgan fingerprint density at radius 3 is 3.05 bits per heavy atom. The van der Waals surface area contributed by atoms with Crippen LogP contribution in [0.1, 0.15) is 10.4 Å². The van der Waals surface area contributed by atoms with E-state index in [-0.39, 0.29) is 12.0 Å². The summed E-state index contributed by atoms with van der Waals surface area (Å²) in [6.07, 6.45) is 0.0252. The zero-order valence-corrected chi connectivity index (χ0v) is 11.9. The maximum absolute atomic E-state index is 12.1. The molecule has 1 atom stereocenters. The molecule has 1 fully saturated rings. The first-order valence-electron chi connectivity index (χ1n) is 6.62. The number of carbonyl (C=O) groups excluding carboxylic acids is 1. The van der Waals surface area contributed by atoms with Gasteiger partial charge in [-0.1, -0.05) is 0 Å². The van der Waals surface area contributed by atoms with Crippen LogP contribution >= 0.6 is 0 Å². The summed E-state index contributed by atoms with van der Waals surface area (Å²) in [7, 11) is 3.60. The van der Waals surface area contributed by atoms with Gasteiger partial charge < -0.3 is 25.4 Å². The molecule has 0 bridgehead atoms. The Morgan fingerprint density at radius 1 is 1.60 bits per heavy atom. The minimum Gasteiger partial charge on any atom is -0.497 e. The van der Waals surface area contributed by atoms with Gasteiger partial charge in [0.25, 0.3) is 5.91 Å². The Balaban J connectivity index is 1.91. The zero-order chi connectivity index (χ0) is 14.5. The zero-order valence-electron chi connectivity index (χ0n) is 11.9. The number of carbonyl (C=O) groups is 1. The van der Waals surface area contributed by atoms with Gasteiger partial charge in [-0.3, -0.25) is 4.79 Å². The molecule has 20 heavy (non-hydrogen) atoms. The van der Waals surface area contributed by atoms with Crippen LogP contribution in [0.5, 0.6) is 5.75 Å². The molecule has 1 heterocycles. The quantitative estimate of drug-likeness (QED) is 0.777. The molecule has 1 amide bonds. The Kier molecular flexibility index (Phi) is 4.81. The smallest absolute Gasteiger partial charge is 0.253 e. The van der Waals surface area contributed by atoms with Gasteiger partial charge in [-0.15, -0.1) is 0 Å². The molecular formula is C14H21N3O3. The van der Waals surface area contributed by atoms with Crippen LogP contribution in [-0.4, -0.2) is 57.3 Å². The van der Waals surface area contributed by atoms with Crippen LogP contribution in [0.15, 0.2) is 18.2 Å². The predicted octanol–water partition coefficient (Wildman–Crippen LogP) is 0.338. The largest absolute Gasteiger partial charge is 0.497 e. The maximum atomic E-state index is 12.1. The van der Waals surface area contributed by atoms with Crippen molar-refractivity contribution in [1.29, 1.82) is 0 Å². The van der Waals surface area contributed by atoms with Crippen molar-refractivity contribution < 1.29 is 14.3 Å². The van der Waals surface area contributed by atoms with E-state index in [1.807, 2.05) is 7.05 Å². The van der Waals surface area contributed by atoms with Crippen molar-refractivity contribution in [1.82, 2.24) is 10.2 Å². The van der Waals surface area contributed by atoms with Crippen molar-refractivity contribution in [2.75, 3.05) is 46.1 Å². The van der Waals surface area contributed by atoms with E-state index < -0.39 is 0 Å². The molecule has 6 nitrogen and oxygen atoms in total. The van der Waals surface area contributed by atoms with Crippen LogP contribution in [-0.2, 0) is 4.74 Å². The SMILES string of the molecule is COc1ccc(C(=O)NCC2CN(C)CCO2)c(N)c1. The number of hydrogen-bond acceptors (Lipinski definition) is 5. The number of nitrogens with zero attached hydrogens (tertiary/aromatic N) is 1. The predicted molar refractivity (Wildman–Crippen MR) is 77.0 cm³/mol. The number of ether oxygens (including phenoxy) is 2. The first kappa shape index (κ1) is 14.6. The fourth-order valence-electron chi connectivity index (χ4n) is 2.17. The van der Waals surface area contributed by atoms with Crippen LogP contribution in [0.4, 0.5) is 5.69 Å². The number of nitrogen functional groups attached to an aromatic ring is 1. The number of morpholine rings is 1. The lowest BCUT2D eigenvalue weighted by Crippen LogP contribution is -2.46. The normalized spacial score (nSPS) is 19.6. The van der Waals surface area contributed by atoms with E-state index in [9.17, 15) is 4.79 Å². The minimum absolute atomic E-state index is 0.0252. The Labute approximate surface area is 118 Å². The molecule has 0 aromatic heterocycles. The summed E-state index contributed by atoms with van der Waals surface area (Å²) in [4.78, 5) is 14.3. The minimum atomic E-state index is -0.193. The molecule has 1 saturated heterocycles. The summed E-state index contributed by atoms with van der Waals surface area (Å²) >= 11 is 0. The van der Waals surface area contributed by atoms with Gasteiger partial charge >= 0.3 is 0 Å².